The molecular formula is C14H23FN2O2S. The van der Waals surface area contributed by atoms with E-state index >= 15 is 0 Å². The van der Waals surface area contributed by atoms with Crippen molar-refractivity contribution < 1.29 is 12.8 Å². The van der Waals surface area contributed by atoms with Gasteiger partial charge in [0.25, 0.3) is 0 Å². The summed E-state index contributed by atoms with van der Waals surface area (Å²) in [6, 6.07) is 5.46. The van der Waals surface area contributed by atoms with Crippen LogP contribution in [0.15, 0.2) is 24.3 Å². The van der Waals surface area contributed by atoms with Crippen LogP contribution in [0.2, 0.25) is 0 Å². The van der Waals surface area contributed by atoms with Gasteiger partial charge in [-0.15, -0.1) is 0 Å². The van der Waals surface area contributed by atoms with Crippen molar-refractivity contribution in [3.8, 4) is 0 Å². The number of hydrogen-bond donors (Lipinski definition) is 1. The van der Waals surface area contributed by atoms with Crippen molar-refractivity contribution in [1.29, 1.82) is 0 Å². The summed E-state index contributed by atoms with van der Waals surface area (Å²) in [5.74, 6) is -0.268. The Kier molecular flexibility index (Phi) is 6.95. The highest BCUT2D eigenvalue weighted by Crippen LogP contribution is 2.17. The van der Waals surface area contributed by atoms with Crippen LogP contribution in [0.5, 0.6) is 0 Å². The molecule has 114 valence electrons. The highest BCUT2D eigenvalue weighted by Gasteiger charge is 2.17. The molecule has 0 atom stereocenters. The molecule has 0 spiro atoms. The molecule has 0 saturated carbocycles. The van der Waals surface area contributed by atoms with Crippen molar-refractivity contribution in [3.63, 3.8) is 0 Å². The summed E-state index contributed by atoms with van der Waals surface area (Å²) in [4.78, 5) is 0. The van der Waals surface area contributed by atoms with Gasteiger partial charge in [0.15, 0.2) is 0 Å². The molecule has 0 bridgehead atoms. The molecule has 0 aliphatic rings. The standard InChI is InChI=1S/C14H23FN2O2S/c1-3-10-16-11-4-5-12-20(18,19)17(2)14-8-6-13(15)7-9-14/h6-9,16H,3-5,10-12H2,1-2H3. The number of anilines is 1. The summed E-state index contributed by atoms with van der Waals surface area (Å²) < 4.78 is 38.3. The van der Waals surface area contributed by atoms with Crippen LogP contribution in [0, 0.1) is 5.82 Å². The fourth-order valence-corrected chi connectivity index (χ4v) is 3.07. The average molecular weight is 302 g/mol. The number of benzene rings is 1. The molecule has 0 unspecified atom stereocenters. The van der Waals surface area contributed by atoms with Crippen LogP contribution < -0.4 is 9.62 Å². The smallest absolute Gasteiger partial charge is 0.234 e. The summed E-state index contributed by atoms with van der Waals surface area (Å²) in [5.41, 5.74) is 0.482. The Labute approximate surface area is 121 Å². The van der Waals surface area contributed by atoms with E-state index in [0.717, 1.165) is 25.9 Å². The fraction of sp³-hybridized carbons (Fsp3) is 0.571. The molecule has 1 N–H and O–H groups in total. The molecule has 1 aromatic carbocycles. The van der Waals surface area contributed by atoms with E-state index < -0.39 is 10.0 Å². The molecule has 0 amide bonds. The maximum Gasteiger partial charge on any atom is 0.234 e. The van der Waals surface area contributed by atoms with Gasteiger partial charge >= 0.3 is 0 Å². The third-order valence-electron chi connectivity index (χ3n) is 3.04. The Morgan fingerprint density at radius 3 is 2.40 bits per heavy atom. The highest BCUT2D eigenvalue weighted by atomic mass is 32.2. The van der Waals surface area contributed by atoms with Gasteiger partial charge in [-0.3, -0.25) is 4.31 Å². The first-order valence-electron chi connectivity index (χ1n) is 6.90. The van der Waals surface area contributed by atoms with Crippen molar-refractivity contribution >= 4 is 15.7 Å². The van der Waals surface area contributed by atoms with Crippen LogP contribution in [-0.2, 0) is 10.0 Å². The number of sulfonamides is 1. The minimum absolute atomic E-state index is 0.106. The van der Waals surface area contributed by atoms with E-state index in [4.69, 9.17) is 0 Å². The zero-order valence-electron chi connectivity index (χ0n) is 12.1. The minimum Gasteiger partial charge on any atom is -0.317 e. The van der Waals surface area contributed by atoms with Crippen molar-refractivity contribution in [3.05, 3.63) is 30.1 Å². The van der Waals surface area contributed by atoms with Gasteiger partial charge < -0.3 is 5.32 Å². The van der Waals surface area contributed by atoms with Gasteiger partial charge in [-0.1, -0.05) is 6.92 Å². The SMILES string of the molecule is CCCNCCCCS(=O)(=O)N(C)c1ccc(F)cc1. The zero-order valence-corrected chi connectivity index (χ0v) is 12.9. The number of nitrogens with one attached hydrogen (secondary N) is 1. The van der Waals surface area contributed by atoms with Gasteiger partial charge in [0.2, 0.25) is 10.0 Å². The van der Waals surface area contributed by atoms with Crippen molar-refractivity contribution in [2.24, 2.45) is 0 Å². The van der Waals surface area contributed by atoms with Gasteiger partial charge in [0, 0.05) is 7.05 Å². The number of hydrogen-bond acceptors (Lipinski definition) is 3. The van der Waals surface area contributed by atoms with Crippen LogP contribution in [-0.4, -0.2) is 34.3 Å². The molecule has 0 saturated heterocycles. The Hall–Kier alpha value is -1.14. The first-order chi connectivity index (χ1) is 9.47. The number of nitrogens with zero attached hydrogens (tertiary/aromatic N) is 1. The van der Waals surface area contributed by atoms with E-state index in [1.54, 1.807) is 0 Å². The summed E-state index contributed by atoms with van der Waals surface area (Å²) >= 11 is 0. The molecule has 4 nitrogen and oxygen atoms in total. The third kappa shape index (κ3) is 5.46. The predicted octanol–water partition coefficient (Wildman–Crippen LogP) is 2.37. The first-order valence-corrected chi connectivity index (χ1v) is 8.51. The lowest BCUT2D eigenvalue weighted by atomic mass is 10.3. The number of halogens is 1. The van der Waals surface area contributed by atoms with Gasteiger partial charge in [-0.05, 0) is 56.6 Å². The van der Waals surface area contributed by atoms with E-state index in [2.05, 4.69) is 12.2 Å². The third-order valence-corrected chi connectivity index (χ3v) is 4.89. The predicted molar refractivity (Wildman–Crippen MR) is 81.0 cm³/mol. The van der Waals surface area contributed by atoms with Gasteiger partial charge in [0.05, 0.1) is 11.4 Å². The Balaban J connectivity index is 2.45. The summed E-state index contributed by atoms with van der Waals surface area (Å²) in [5, 5.41) is 3.24. The molecule has 0 aromatic heterocycles. The van der Waals surface area contributed by atoms with Crippen molar-refractivity contribution in [1.82, 2.24) is 5.32 Å². The second-order valence-electron chi connectivity index (χ2n) is 4.72. The van der Waals surface area contributed by atoms with Crippen LogP contribution >= 0.6 is 0 Å². The largest absolute Gasteiger partial charge is 0.317 e. The second-order valence-corrected chi connectivity index (χ2v) is 6.84. The maximum absolute atomic E-state index is 12.8. The molecular weight excluding hydrogens is 279 g/mol. The molecule has 20 heavy (non-hydrogen) atoms. The molecule has 1 rings (SSSR count). The lowest BCUT2D eigenvalue weighted by Gasteiger charge is -2.19. The summed E-state index contributed by atoms with van der Waals surface area (Å²) in [7, 11) is -1.84. The van der Waals surface area contributed by atoms with Crippen LogP contribution in [0.4, 0.5) is 10.1 Å². The van der Waals surface area contributed by atoms with Crippen LogP contribution in [0.1, 0.15) is 26.2 Å². The van der Waals surface area contributed by atoms with Crippen LogP contribution in [0.3, 0.4) is 0 Å². The van der Waals surface area contributed by atoms with Gasteiger partial charge in [-0.2, -0.15) is 0 Å². The summed E-state index contributed by atoms with van der Waals surface area (Å²) in [6.45, 7) is 3.89. The molecule has 0 fully saturated rings. The van der Waals surface area contributed by atoms with E-state index in [1.807, 2.05) is 0 Å². The average Bonchev–Trinajstić information content (AvgIpc) is 2.43. The van der Waals surface area contributed by atoms with Gasteiger partial charge in [0.1, 0.15) is 5.82 Å². The van der Waals surface area contributed by atoms with Crippen molar-refractivity contribution in [2.75, 3.05) is 30.2 Å². The monoisotopic (exact) mass is 302 g/mol. The molecule has 0 heterocycles. The molecule has 1 aromatic rings. The van der Waals surface area contributed by atoms with E-state index in [9.17, 15) is 12.8 Å². The Morgan fingerprint density at radius 1 is 1.15 bits per heavy atom. The Bertz CT molecular complexity index is 488. The fourth-order valence-electron chi connectivity index (χ4n) is 1.78. The molecule has 0 aliphatic heterocycles. The normalized spacial score (nSPS) is 11.6. The lowest BCUT2D eigenvalue weighted by molar-refractivity contribution is 0.584. The van der Waals surface area contributed by atoms with Gasteiger partial charge in [-0.25, -0.2) is 12.8 Å². The molecule has 0 radical (unpaired) electrons. The quantitative estimate of drug-likeness (QED) is 0.713. The number of rotatable bonds is 9. The maximum atomic E-state index is 12.8. The van der Waals surface area contributed by atoms with E-state index in [1.165, 1.54) is 35.6 Å². The summed E-state index contributed by atoms with van der Waals surface area (Å²) in [6.07, 6.45) is 2.52. The van der Waals surface area contributed by atoms with E-state index in [0.29, 0.717) is 12.1 Å². The molecule has 0 aliphatic carbocycles. The zero-order chi connectivity index (χ0) is 15.0. The lowest BCUT2D eigenvalue weighted by Crippen LogP contribution is -2.29. The van der Waals surface area contributed by atoms with Crippen molar-refractivity contribution in [2.45, 2.75) is 26.2 Å². The first kappa shape index (κ1) is 16.9. The Morgan fingerprint density at radius 2 is 1.80 bits per heavy atom. The van der Waals surface area contributed by atoms with Crippen LogP contribution in [0.25, 0.3) is 0 Å². The molecule has 6 heteroatoms. The minimum atomic E-state index is -3.34. The van der Waals surface area contributed by atoms with E-state index in [-0.39, 0.29) is 11.6 Å². The topological polar surface area (TPSA) is 49.4 Å². The highest BCUT2D eigenvalue weighted by molar-refractivity contribution is 7.92. The number of unbranched alkanes of at least 4 members (excludes halogenated alkanes) is 1. The second kappa shape index (κ2) is 8.21.